The van der Waals surface area contributed by atoms with Crippen LogP contribution < -0.4 is 5.59 Å². The van der Waals surface area contributed by atoms with Crippen LogP contribution in [0.3, 0.4) is 0 Å². The Balaban J connectivity index is 1.57. The van der Waals surface area contributed by atoms with Gasteiger partial charge >= 0.3 is 7.12 Å². The molecule has 0 spiro atoms. The van der Waals surface area contributed by atoms with E-state index in [1.807, 2.05) is 6.07 Å². The molecule has 5 heteroatoms. The van der Waals surface area contributed by atoms with E-state index in [0.717, 1.165) is 11.5 Å². The molecule has 0 amide bonds. The number of aromatic nitrogens is 2. The fourth-order valence-electron chi connectivity index (χ4n) is 3.41. The van der Waals surface area contributed by atoms with Gasteiger partial charge in [-0.1, -0.05) is 0 Å². The molecule has 5 rings (SSSR count). The molecule has 102 valence electrons. The molecule has 2 heterocycles. The summed E-state index contributed by atoms with van der Waals surface area (Å²) in [5.41, 5.74) is 0.658. The van der Waals surface area contributed by atoms with E-state index in [4.69, 9.17) is 14.4 Å². The minimum Gasteiger partial charge on any atom is -0.398 e. The predicted octanol–water partition coefficient (Wildman–Crippen LogP) is 1.69. The SMILES string of the molecule is CC1(C)OB(c2ccn(C34CC(C3)C4)n2)OC1(C)C. The lowest BCUT2D eigenvalue weighted by Gasteiger charge is -2.61. The van der Waals surface area contributed by atoms with E-state index in [0.29, 0.717) is 5.54 Å². The standard InChI is InChI=1S/C14H21BN2O2/c1-12(2)13(3,4)19-15(18-12)11-5-6-17(16-11)14-7-10(8-14)9-14/h5-6,10H,7-9H2,1-4H3. The van der Waals surface area contributed by atoms with Gasteiger partial charge in [0.1, 0.15) is 0 Å². The molecular formula is C14H21BN2O2. The minimum atomic E-state index is -0.335. The van der Waals surface area contributed by atoms with Crippen LogP contribution in [-0.4, -0.2) is 28.1 Å². The highest BCUT2D eigenvalue weighted by Crippen LogP contribution is 2.61. The molecule has 19 heavy (non-hydrogen) atoms. The lowest BCUT2D eigenvalue weighted by Crippen LogP contribution is -2.59. The summed E-state index contributed by atoms with van der Waals surface area (Å²) in [6.45, 7) is 8.30. The van der Waals surface area contributed by atoms with Crippen LogP contribution in [0.5, 0.6) is 0 Å². The van der Waals surface area contributed by atoms with Crippen LogP contribution in [0, 0.1) is 5.92 Å². The average Bonchev–Trinajstić information content (AvgIpc) is 2.66. The normalized spacial score (nSPS) is 37.9. The van der Waals surface area contributed by atoms with Crippen LogP contribution in [-0.2, 0) is 14.8 Å². The Hall–Kier alpha value is -0.805. The van der Waals surface area contributed by atoms with Crippen molar-refractivity contribution in [3.63, 3.8) is 0 Å². The van der Waals surface area contributed by atoms with Crippen LogP contribution in [0.4, 0.5) is 0 Å². The van der Waals surface area contributed by atoms with Gasteiger partial charge in [-0.15, -0.1) is 0 Å². The summed E-state index contributed by atoms with van der Waals surface area (Å²) in [5, 5.41) is 4.72. The molecule has 1 aromatic rings. The van der Waals surface area contributed by atoms with E-state index in [1.165, 1.54) is 19.3 Å². The quantitative estimate of drug-likeness (QED) is 0.759. The Kier molecular flexibility index (Phi) is 2.05. The Morgan fingerprint density at radius 1 is 1.16 bits per heavy atom. The van der Waals surface area contributed by atoms with Crippen molar-refractivity contribution in [3.05, 3.63) is 12.3 Å². The number of rotatable bonds is 2. The van der Waals surface area contributed by atoms with Crippen molar-refractivity contribution in [1.29, 1.82) is 0 Å². The molecule has 0 N–H and O–H groups in total. The molecule has 1 aromatic heterocycles. The summed E-state index contributed by atoms with van der Waals surface area (Å²) < 4.78 is 14.2. The molecular weight excluding hydrogens is 239 g/mol. The number of hydrogen-bond donors (Lipinski definition) is 0. The third-order valence-corrected chi connectivity index (χ3v) is 5.60. The van der Waals surface area contributed by atoms with Crippen molar-refractivity contribution < 1.29 is 9.31 Å². The zero-order valence-electron chi connectivity index (χ0n) is 12.1. The van der Waals surface area contributed by atoms with Crippen LogP contribution >= 0.6 is 0 Å². The molecule has 4 nitrogen and oxygen atoms in total. The number of nitrogens with zero attached hydrogens (tertiary/aromatic N) is 2. The smallest absolute Gasteiger partial charge is 0.398 e. The van der Waals surface area contributed by atoms with Gasteiger partial charge in [-0.3, -0.25) is 4.68 Å². The minimum absolute atomic E-state index is 0.294. The molecule has 0 aromatic carbocycles. The molecule has 0 atom stereocenters. The average molecular weight is 260 g/mol. The second kappa shape index (κ2) is 3.26. The zero-order valence-corrected chi connectivity index (χ0v) is 12.1. The summed E-state index contributed by atoms with van der Waals surface area (Å²) in [5.74, 6) is 0.962. The third kappa shape index (κ3) is 1.46. The maximum absolute atomic E-state index is 6.04. The van der Waals surface area contributed by atoms with E-state index in [9.17, 15) is 0 Å². The Bertz CT molecular complexity index is 504. The van der Waals surface area contributed by atoms with Crippen molar-refractivity contribution in [1.82, 2.24) is 9.78 Å². The summed E-state index contributed by atoms with van der Waals surface area (Å²) in [4.78, 5) is 0. The molecule has 0 radical (unpaired) electrons. The van der Waals surface area contributed by atoms with Crippen LogP contribution in [0.25, 0.3) is 0 Å². The van der Waals surface area contributed by atoms with Crippen molar-refractivity contribution in [2.45, 2.75) is 63.7 Å². The first kappa shape index (κ1) is 12.0. The first-order valence-electron chi connectivity index (χ1n) is 7.23. The van der Waals surface area contributed by atoms with Gasteiger partial charge in [0.25, 0.3) is 0 Å². The van der Waals surface area contributed by atoms with E-state index in [1.54, 1.807) is 0 Å². The molecule has 3 aliphatic carbocycles. The van der Waals surface area contributed by atoms with Crippen molar-refractivity contribution in [2.75, 3.05) is 0 Å². The lowest BCUT2D eigenvalue weighted by molar-refractivity contribution is -0.0975. The molecule has 3 saturated carbocycles. The van der Waals surface area contributed by atoms with Crippen LogP contribution in [0.2, 0.25) is 0 Å². The molecule has 1 aliphatic heterocycles. The van der Waals surface area contributed by atoms with Crippen molar-refractivity contribution >= 4 is 12.7 Å². The highest BCUT2D eigenvalue weighted by molar-refractivity contribution is 6.61. The summed E-state index contributed by atoms with van der Waals surface area (Å²) in [7, 11) is -0.335. The van der Waals surface area contributed by atoms with Gasteiger partial charge in [0.15, 0.2) is 0 Å². The van der Waals surface area contributed by atoms with Gasteiger partial charge in [-0.25, -0.2) is 0 Å². The van der Waals surface area contributed by atoms with Crippen LogP contribution in [0.15, 0.2) is 12.3 Å². The van der Waals surface area contributed by atoms with E-state index >= 15 is 0 Å². The summed E-state index contributed by atoms with van der Waals surface area (Å²) in [6, 6.07) is 2.04. The fourth-order valence-corrected chi connectivity index (χ4v) is 3.41. The van der Waals surface area contributed by atoms with Gasteiger partial charge in [0.2, 0.25) is 0 Å². The van der Waals surface area contributed by atoms with Gasteiger partial charge in [0, 0.05) is 6.20 Å². The first-order chi connectivity index (χ1) is 8.81. The number of hydrogen-bond acceptors (Lipinski definition) is 3. The molecule has 0 unspecified atom stereocenters. The van der Waals surface area contributed by atoms with Crippen molar-refractivity contribution in [2.24, 2.45) is 5.92 Å². The molecule has 4 fully saturated rings. The van der Waals surface area contributed by atoms with Gasteiger partial charge in [-0.2, -0.15) is 5.10 Å². The second-order valence-electron chi connectivity index (χ2n) is 7.48. The maximum atomic E-state index is 6.04. The van der Waals surface area contributed by atoms with Gasteiger partial charge < -0.3 is 9.31 Å². The van der Waals surface area contributed by atoms with E-state index < -0.39 is 0 Å². The zero-order chi connectivity index (χ0) is 13.5. The largest absolute Gasteiger partial charge is 0.516 e. The van der Waals surface area contributed by atoms with E-state index in [-0.39, 0.29) is 18.3 Å². The third-order valence-electron chi connectivity index (χ3n) is 5.60. The highest BCUT2D eigenvalue weighted by atomic mass is 16.7. The lowest BCUT2D eigenvalue weighted by atomic mass is 9.50. The summed E-state index contributed by atoms with van der Waals surface area (Å²) in [6.07, 6.45) is 6.00. The van der Waals surface area contributed by atoms with E-state index in [2.05, 4.69) is 38.6 Å². The maximum Gasteiger partial charge on any atom is 0.516 e. The predicted molar refractivity (Wildman–Crippen MR) is 73.3 cm³/mol. The highest BCUT2D eigenvalue weighted by Gasteiger charge is 2.59. The first-order valence-corrected chi connectivity index (χ1v) is 7.23. The van der Waals surface area contributed by atoms with Gasteiger partial charge in [0.05, 0.1) is 22.3 Å². The topological polar surface area (TPSA) is 36.3 Å². The Labute approximate surface area is 114 Å². The fraction of sp³-hybridized carbons (Fsp3) is 0.786. The molecule has 1 saturated heterocycles. The monoisotopic (exact) mass is 260 g/mol. The van der Waals surface area contributed by atoms with Crippen LogP contribution in [0.1, 0.15) is 47.0 Å². The van der Waals surface area contributed by atoms with Gasteiger partial charge in [-0.05, 0) is 58.9 Å². The Morgan fingerprint density at radius 3 is 2.21 bits per heavy atom. The second-order valence-corrected chi connectivity index (χ2v) is 7.48. The molecule has 4 aliphatic rings. The summed E-state index contributed by atoms with van der Waals surface area (Å²) >= 11 is 0. The Morgan fingerprint density at radius 2 is 1.74 bits per heavy atom. The van der Waals surface area contributed by atoms with Crippen molar-refractivity contribution in [3.8, 4) is 0 Å². The molecule has 2 bridgehead atoms.